The predicted molar refractivity (Wildman–Crippen MR) is 148 cm³/mol. The number of carbonyl (C=O) groups excluding carboxylic acids is 1. The zero-order valence-electron chi connectivity index (χ0n) is 20.0. The third-order valence-corrected chi connectivity index (χ3v) is 6.87. The van der Waals surface area contributed by atoms with E-state index in [0.29, 0.717) is 6.54 Å². The number of imidazole rings is 1. The molecule has 0 atom stereocenters. The van der Waals surface area contributed by atoms with Gasteiger partial charge < -0.3 is 4.57 Å². The van der Waals surface area contributed by atoms with Crippen molar-refractivity contribution in [1.29, 1.82) is 0 Å². The van der Waals surface area contributed by atoms with Crippen LogP contribution in [-0.4, -0.2) is 26.9 Å². The van der Waals surface area contributed by atoms with Crippen LogP contribution in [0.2, 0.25) is 0 Å². The summed E-state index contributed by atoms with van der Waals surface area (Å²) >= 11 is 1.42. The summed E-state index contributed by atoms with van der Waals surface area (Å²) < 4.78 is 2.16. The largest absolute Gasteiger partial charge is 0.314 e. The fraction of sp³-hybridized carbons (Fsp3) is 0.100. The van der Waals surface area contributed by atoms with Crippen LogP contribution in [0, 0.1) is 0 Å². The molecular weight excluding hydrogens is 464 g/mol. The van der Waals surface area contributed by atoms with Crippen molar-refractivity contribution in [2.24, 2.45) is 5.10 Å². The molecular formula is C30H26N4OS. The molecule has 1 amide bonds. The van der Waals surface area contributed by atoms with E-state index in [1.807, 2.05) is 73.7 Å². The highest BCUT2D eigenvalue weighted by molar-refractivity contribution is 7.99. The van der Waals surface area contributed by atoms with Gasteiger partial charge in [0.05, 0.1) is 29.0 Å². The quantitative estimate of drug-likeness (QED) is 0.156. The summed E-state index contributed by atoms with van der Waals surface area (Å²) in [5.41, 5.74) is 9.88. The third-order valence-electron chi connectivity index (χ3n) is 5.89. The van der Waals surface area contributed by atoms with E-state index < -0.39 is 0 Å². The maximum absolute atomic E-state index is 12.6. The van der Waals surface area contributed by atoms with Gasteiger partial charge >= 0.3 is 0 Å². The van der Waals surface area contributed by atoms with Crippen LogP contribution in [0.4, 0.5) is 0 Å². The minimum Gasteiger partial charge on any atom is -0.314 e. The number of nitrogens with zero attached hydrogens (tertiary/aromatic N) is 3. The third kappa shape index (κ3) is 5.56. The maximum atomic E-state index is 12.6. The number of amides is 1. The second kappa shape index (κ2) is 11.1. The Hall–Kier alpha value is -4.16. The van der Waals surface area contributed by atoms with Crippen LogP contribution in [0.25, 0.3) is 22.2 Å². The van der Waals surface area contributed by atoms with Gasteiger partial charge in [0.25, 0.3) is 5.91 Å². The molecule has 0 aliphatic heterocycles. The van der Waals surface area contributed by atoms with Crippen LogP contribution < -0.4 is 5.43 Å². The molecule has 0 fully saturated rings. The van der Waals surface area contributed by atoms with Gasteiger partial charge in [-0.2, -0.15) is 5.10 Å². The summed E-state index contributed by atoms with van der Waals surface area (Å²) in [7, 11) is 0. The van der Waals surface area contributed by atoms with Crippen molar-refractivity contribution in [3.8, 4) is 11.1 Å². The summed E-state index contributed by atoms with van der Waals surface area (Å²) in [5, 5.41) is 5.13. The van der Waals surface area contributed by atoms with E-state index in [1.54, 1.807) is 0 Å². The lowest BCUT2D eigenvalue weighted by Crippen LogP contribution is -2.21. The Morgan fingerprint density at radius 1 is 0.833 bits per heavy atom. The minimum atomic E-state index is -0.168. The first-order valence-electron chi connectivity index (χ1n) is 11.8. The zero-order valence-corrected chi connectivity index (χ0v) is 20.8. The lowest BCUT2D eigenvalue weighted by atomic mass is 10.0. The molecule has 0 aliphatic rings. The topological polar surface area (TPSA) is 59.3 Å². The highest BCUT2D eigenvalue weighted by atomic mass is 32.2. The number of thioether (sulfide) groups is 1. The number of nitrogens with one attached hydrogen (secondary N) is 1. The maximum Gasteiger partial charge on any atom is 0.250 e. The average Bonchev–Trinajstić information content (AvgIpc) is 3.29. The first-order valence-corrected chi connectivity index (χ1v) is 12.8. The number of hydrazone groups is 1. The second-order valence-corrected chi connectivity index (χ2v) is 9.36. The molecule has 5 aromatic rings. The van der Waals surface area contributed by atoms with Gasteiger partial charge in [0, 0.05) is 0 Å². The van der Waals surface area contributed by atoms with E-state index in [2.05, 4.69) is 57.6 Å². The number of rotatable bonds is 8. The van der Waals surface area contributed by atoms with Crippen LogP contribution >= 0.6 is 11.8 Å². The molecule has 0 saturated heterocycles. The predicted octanol–water partition coefficient (Wildman–Crippen LogP) is 6.38. The number of aromatic nitrogens is 2. The molecule has 0 bridgehead atoms. The van der Waals surface area contributed by atoms with Crippen molar-refractivity contribution in [3.63, 3.8) is 0 Å². The SMILES string of the molecule is CC(=NNC(=O)CSc1nc2ccccc2n1Cc1ccccc1)c1ccc(-c2ccccc2)cc1. The zero-order chi connectivity index (χ0) is 24.7. The van der Waals surface area contributed by atoms with E-state index in [-0.39, 0.29) is 11.7 Å². The van der Waals surface area contributed by atoms with Crippen LogP contribution in [0.15, 0.2) is 119 Å². The lowest BCUT2D eigenvalue weighted by molar-refractivity contribution is -0.118. The van der Waals surface area contributed by atoms with Gasteiger partial charge in [0.15, 0.2) is 5.16 Å². The first kappa shape index (κ1) is 23.6. The first-order chi connectivity index (χ1) is 17.7. The Labute approximate surface area is 214 Å². The number of para-hydroxylation sites is 2. The summed E-state index contributed by atoms with van der Waals surface area (Å²) in [4.78, 5) is 17.4. The molecule has 0 spiro atoms. The average molecular weight is 491 g/mol. The molecule has 178 valence electrons. The summed E-state index contributed by atoms with van der Waals surface area (Å²) in [6, 6.07) is 36.7. The van der Waals surface area contributed by atoms with Crippen molar-refractivity contribution < 1.29 is 4.79 Å². The molecule has 1 aromatic heterocycles. The molecule has 5 rings (SSSR count). The van der Waals surface area contributed by atoms with E-state index in [1.165, 1.54) is 22.9 Å². The van der Waals surface area contributed by atoms with Gasteiger partial charge in [-0.05, 0) is 41.3 Å². The normalized spacial score (nSPS) is 11.5. The van der Waals surface area contributed by atoms with Crippen molar-refractivity contribution in [1.82, 2.24) is 15.0 Å². The number of benzene rings is 4. The lowest BCUT2D eigenvalue weighted by Gasteiger charge is -2.09. The smallest absolute Gasteiger partial charge is 0.250 e. The van der Waals surface area contributed by atoms with Gasteiger partial charge in [-0.15, -0.1) is 0 Å². The summed E-state index contributed by atoms with van der Waals surface area (Å²) in [6.45, 7) is 2.59. The van der Waals surface area contributed by atoms with Gasteiger partial charge in [0.1, 0.15) is 0 Å². The molecule has 0 unspecified atom stereocenters. The molecule has 1 heterocycles. The van der Waals surface area contributed by atoms with Crippen LogP contribution in [0.5, 0.6) is 0 Å². The minimum absolute atomic E-state index is 0.168. The van der Waals surface area contributed by atoms with Crippen LogP contribution in [0.1, 0.15) is 18.1 Å². The molecule has 6 heteroatoms. The summed E-state index contributed by atoms with van der Waals surface area (Å²) in [5.74, 6) is 0.0561. The van der Waals surface area contributed by atoms with E-state index in [0.717, 1.165) is 33.0 Å². The molecule has 0 aliphatic carbocycles. The molecule has 0 saturated carbocycles. The number of carbonyl (C=O) groups is 1. The van der Waals surface area contributed by atoms with Gasteiger partial charge in [-0.25, -0.2) is 10.4 Å². The standard InChI is InChI=1S/C30H26N4OS/c1-22(24-16-18-26(19-17-24)25-12-6-3-7-13-25)32-33-29(35)21-36-30-31-27-14-8-9-15-28(27)34(30)20-23-10-4-2-5-11-23/h2-19H,20-21H2,1H3,(H,33,35). The Morgan fingerprint density at radius 2 is 1.47 bits per heavy atom. The van der Waals surface area contributed by atoms with Gasteiger partial charge in [0.2, 0.25) is 0 Å². The molecule has 0 radical (unpaired) electrons. The summed E-state index contributed by atoms with van der Waals surface area (Å²) in [6.07, 6.45) is 0. The van der Waals surface area contributed by atoms with Crippen LogP contribution in [0.3, 0.4) is 0 Å². The van der Waals surface area contributed by atoms with Crippen molar-refractivity contribution in [3.05, 3.63) is 120 Å². The molecule has 5 nitrogen and oxygen atoms in total. The Morgan fingerprint density at radius 3 is 2.22 bits per heavy atom. The Kier molecular flexibility index (Phi) is 7.24. The van der Waals surface area contributed by atoms with Crippen molar-refractivity contribution in [2.75, 3.05) is 5.75 Å². The van der Waals surface area contributed by atoms with E-state index in [9.17, 15) is 4.79 Å². The van der Waals surface area contributed by atoms with Crippen molar-refractivity contribution in [2.45, 2.75) is 18.6 Å². The second-order valence-electron chi connectivity index (χ2n) is 8.42. The fourth-order valence-electron chi connectivity index (χ4n) is 3.99. The van der Waals surface area contributed by atoms with Gasteiger partial charge in [-0.3, -0.25) is 4.79 Å². The molecule has 36 heavy (non-hydrogen) atoms. The Balaban J connectivity index is 1.24. The fourth-order valence-corrected chi connectivity index (χ4v) is 4.80. The number of fused-ring (bicyclic) bond motifs is 1. The number of hydrogen-bond donors (Lipinski definition) is 1. The molecule has 4 aromatic carbocycles. The Bertz CT molecular complexity index is 1490. The van der Waals surface area contributed by atoms with Crippen molar-refractivity contribution >= 4 is 34.4 Å². The molecule has 1 N–H and O–H groups in total. The highest BCUT2D eigenvalue weighted by Gasteiger charge is 2.13. The monoisotopic (exact) mass is 490 g/mol. The highest BCUT2D eigenvalue weighted by Crippen LogP contribution is 2.25. The van der Waals surface area contributed by atoms with E-state index >= 15 is 0 Å². The number of hydrogen-bond acceptors (Lipinski definition) is 4. The van der Waals surface area contributed by atoms with Crippen LogP contribution in [-0.2, 0) is 11.3 Å². The van der Waals surface area contributed by atoms with E-state index in [4.69, 9.17) is 4.98 Å². The van der Waals surface area contributed by atoms with Gasteiger partial charge in [-0.1, -0.05) is 109 Å².